The highest BCUT2D eigenvalue weighted by Crippen LogP contribution is 2.33. The molecule has 0 bridgehead atoms. The Morgan fingerprint density at radius 3 is 2.72 bits per heavy atom. The van der Waals surface area contributed by atoms with Crippen molar-refractivity contribution in [2.45, 2.75) is 30.7 Å². The number of aryl methyl sites for hydroxylation is 1. The highest BCUT2D eigenvalue weighted by atomic mass is 32.2. The maximum Gasteiger partial charge on any atom is 0.243 e. The fourth-order valence-corrected chi connectivity index (χ4v) is 3.87. The molecule has 0 unspecified atom stereocenters. The lowest BCUT2D eigenvalue weighted by atomic mass is 10.2. The number of nitrogens with zero attached hydrogens (tertiary/aromatic N) is 1. The molecule has 0 saturated heterocycles. The average Bonchev–Trinajstić information content (AvgIpc) is 3.13. The second-order valence-electron chi connectivity index (χ2n) is 4.62. The van der Waals surface area contributed by atoms with Crippen LogP contribution in [0.25, 0.3) is 0 Å². The van der Waals surface area contributed by atoms with Gasteiger partial charge in [0.2, 0.25) is 10.0 Å². The largest absolute Gasteiger partial charge is 0.399 e. The standard InChI is InChI=1S/C13H18N2O2S/c1-3-8-15(12-6-7-12)18(16,17)13-9-11(14)5-4-10(13)2/h3-5,9,12H,1,6-8,14H2,2H3. The molecular weight excluding hydrogens is 248 g/mol. The van der Waals surface area contributed by atoms with E-state index in [1.54, 1.807) is 25.1 Å². The molecule has 1 aliphatic carbocycles. The molecule has 0 spiro atoms. The van der Waals surface area contributed by atoms with Gasteiger partial charge in [0.15, 0.2) is 0 Å². The van der Waals surface area contributed by atoms with Gasteiger partial charge >= 0.3 is 0 Å². The van der Waals surface area contributed by atoms with Crippen LogP contribution in [0.2, 0.25) is 0 Å². The van der Waals surface area contributed by atoms with Crippen molar-refractivity contribution in [3.63, 3.8) is 0 Å². The van der Waals surface area contributed by atoms with Crippen molar-refractivity contribution in [2.24, 2.45) is 0 Å². The van der Waals surface area contributed by atoms with Gasteiger partial charge in [-0.05, 0) is 37.5 Å². The summed E-state index contributed by atoms with van der Waals surface area (Å²) in [5, 5.41) is 0. The number of benzene rings is 1. The van der Waals surface area contributed by atoms with Crippen molar-refractivity contribution < 1.29 is 8.42 Å². The molecule has 2 N–H and O–H groups in total. The van der Waals surface area contributed by atoms with Crippen LogP contribution in [0.1, 0.15) is 18.4 Å². The van der Waals surface area contributed by atoms with Crippen molar-refractivity contribution in [3.8, 4) is 0 Å². The lowest BCUT2D eigenvalue weighted by Gasteiger charge is -2.21. The molecule has 98 valence electrons. The summed E-state index contributed by atoms with van der Waals surface area (Å²) in [7, 11) is -3.47. The van der Waals surface area contributed by atoms with E-state index < -0.39 is 10.0 Å². The fourth-order valence-electron chi connectivity index (χ4n) is 1.95. The highest BCUT2D eigenvalue weighted by molar-refractivity contribution is 7.89. The Labute approximate surface area is 108 Å². The van der Waals surface area contributed by atoms with Crippen LogP contribution in [0.3, 0.4) is 0 Å². The monoisotopic (exact) mass is 266 g/mol. The molecule has 5 heteroatoms. The van der Waals surface area contributed by atoms with Crippen molar-refractivity contribution in [3.05, 3.63) is 36.4 Å². The van der Waals surface area contributed by atoms with E-state index >= 15 is 0 Å². The smallest absolute Gasteiger partial charge is 0.243 e. The SMILES string of the molecule is C=CCN(C1CC1)S(=O)(=O)c1cc(N)ccc1C. The number of hydrogen-bond donors (Lipinski definition) is 1. The first-order valence-electron chi connectivity index (χ1n) is 5.95. The summed E-state index contributed by atoms with van der Waals surface area (Å²) in [5.74, 6) is 0. The Morgan fingerprint density at radius 2 is 2.17 bits per heavy atom. The van der Waals surface area contributed by atoms with E-state index in [1.165, 1.54) is 10.4 Å². The van der Waals surface area contributed by atoms with Crippen molar-refractivity contribution in [1.82, 2.24) is 4.31 Å². The van der Waals surface area contributed by atoms with Gasteiger partial charge in [0.05, 0.1) is 4.90 Å². The van der Waals surface area contributed by atoms with E-state index in [0.29, 0.717) is 17.1 Å². The van der Waals surface area contributed by atoms with E-state index in [-0.39, 0.29) is 6.04 Å². The molecule has 1 fully saturated rings. The molecule has 0 heterocycles. The maximum absolute atomic E-state index is 12.6. The Kier molecular flexibility index (Phi) is 3.45. The molecule has 18 heavy (non-hydrogen) atoms. The van der Waals surface area contributed by atoms with Gasteiger partial charge in [-0.25, -0.2) is 8.42 Å². The van der Waals surface area contributed by atoms with Crippen LogP contribution in [0.5, 0.6) is 0 Å². The van der Waals surface area contributed by atoms with E-state index in [4.69, 9.17) is 5.73 Å². The molecule has 0 aromatic heterocycles. The number of sulfonamides is 1. The average molecular weight is 266 g/mol. The summed E-state index contributed by atoms with van der Waals surface area (Å²) >= 11 is 0. The molecule has 1 saturated carbocycles. The molecule has 0 atom stereocenters. The van der Waals surface area contributed by atoms with E-state index in [2.05, 4.69) is 6.58 Å². The first-order valence-corrected chi connectivity index (χ1v) is 7.39. The van der Waals surface area contributed by atoms with Gasteiger partial charge in [0.1, 0.15) is 0 Å². The first-order chi connectivity index (χ1) is 8.46. The quantitative estimate of drug-likeness (QED) is 0.654. The van der Waals surface area contributed by atoms with E-state index in [9.17, 15) is 8.42 Å². The van der Waals surface area contributed by atoms with Gasteiger partial charge in [0, 0.05) is 18.3 Å². The lowest BCUT2D eigenvalue weighted by molar-refractivity contribution is 0.435. The summed E-state index contributed by atoms with van der Waals surface area (Å²) in [5.41, 5.74) is 6.87. The van der Waals surface area contributed by atoms with Gasteiger partial charge in [-0.2, -0.15) is 4.31 Å². The van der Waals surface area contributed by atoms with Gasteiger partial charge in [-0.15, -0.1) is 6.58 Å². The zero-order valence-electron chi connectivity index (χ0n) is 10.5. The highest BCUT2D eigenvalue weighted by Gasteiger charge is 2.37. The number of nitrogen functional groups attached to an aromatic ring is 1. The molecule has 0 amide bonds. The van der Waals surface area contributed by atoms with Crippen LogP contribution < -0.4 is 5.73 Å². The second kappa shape index (κ2) is 4.74. The van der Waals surface area contributed by atoms with Crippen LogP contribution in [-0.2, 0) is 10.0 Å². The molecular formula is C13H18N2O2S. The molecule has 1 aliphatic rings. The van der Waals surface area contributed by atoms with Crippen LogP contribution in [0, 0.1) is 6.92 Å². The normalized spacial score (nSPS) is 15.9. The summed E-state index contributed by atoms with van der Waals surface area (Å²) in [6.45, 7) is 5.76. The van der Waals surface area contributed by atoms with Crippen LogP contribution in [0.4, 0.5) is 5.69 Å². The van der Waals surface area contributed by atoms with Gasteiger partial charge in [0.25, 0.3) is 0 Å². The second-order valence-corrected chi connectivity index (χ2v) is 6.48. The Balaban J connectivity index is 2.45. The lowest BCUT2D eigenvalue weighted by Crippen LogP contribution is -2.33. The summed E-state index contributed by atoms with van der Waals surface area (Å²) < 4.78 is 26.7. The van der Waals surface area contributed by atoms with Crippen LogP contribution >= 0.6 is 0 Å². The molecule has 1 aromatic rings. The number of hydrogen-bond acceptors (Lipinski definition) is 3. The molecule has 2 rings (SSSR count). The minimum Gasteiger partial charge on any atom is -0.399 e. The number of nitrogens with two attached hydrogens (primary N) is 1. The minimum atomic E-state index is -3.47. The van der Waals surface area contributed by atoms with Crippen LogP contribution in [-0.4, -0.2) is 25.3 Å². The molecule has 1 aromatic carbocycles. The summed E-state index contributed by atoms with van der Waals surface area (Å²) in [4.78, 5) is 0.302. The molecule has 4 nitrogen and oxygen atoms in total. The first kappa shape index (κ1) is 13.1. The van der Waals surface area contributed by atoms with Crippen molar-refractivity contribution >= 4 is 15.7 Å². The third kappa shape index (κ3) is 2.42. The Bertz CT molecular complexity index is 562. The summed E-state index contributed by atoms with van der Waals surface area (Å²) in [6.07, 6.45) is 3.47. The van der Waals surface area contributed by atoms with Gasteiger partial charge in [-0.3, -0.25) is 0 Å². The number of rotatable bonds is 5. The maximum atomic E-state index is 12.6. The van der Waals surface area contributed by atoms with Gasteiger partial charge in [-0.1, -0.05) is 12.1 Å². The van der Waals surface area contributed by atoms with Crippen molar-refractivity contribution in [1.29, 1.82) is 0 Å². The molecule has 0 aliphatic heterocycles. The van der Waals surface area contributed by atoms with Crippen LogP contribution in [0.15, 0.2) is 35.7 Å². The van der Waals surface area contributed by atoms with Crippen molar-refractivity contribution in [2.75, 3.05) is 12.3 Å². The predicted molar refractivity (Wildman–Crippen MR) is 72.7 cm³/mol. The van der Waals surface area contributed by atoms with Gasteiger partial charge < -0.3 is 5.73 Å². The molecule has 0 radical (unpaired) electrons. The zero-order chi connectivity index (χ0) is 13.3. The zero-order valence-corrected chi connectivity index (χ0v) is 11.3. The predicted octanol–water partition coefficient (Wildman–Crippen LogP) is 1.92. The summed E-state index contributed by atoms with van der Waals surface area (Å²) in [6, 6.07) is 5.10. The minimum absolute atomic E-state index is 0.119. The topological polar surface area (TPSA) is 63.4 Å². The Hall–Kier alpha value is -1.33. The fraction of sp³-hybridized carbons (Fsp3) is 0.385. The van der Waals surface area contributed by atoms with E-state index in [0.717, 1.165) is 18.4 Å². The third-order valence-corrected chi connectivity index (χ3v) is 5.12. The third-order valence-electron chi connectivity index (χ3n) is 3.06. The van der Waals surface area contributed by atoms with E-state index in [1.807, 2.05) is 0 Å². The Morgan fingerprint density at radius 1 is 1.50 bits per heavy atom. The number of anilines is 1.